The van der Waals surface area contributed by atoms with E-state index in [1.165, 1.54) is 11.5 Å². The van der Waals surface area contributed by atoms with Crippen molar-refractivity contribution in [3.63, 3.8) is 0 Å². The van der Waals surface area contributed by atoms with Crippen LogP contribution in [0.1, 0.15) is 26.2 Å². The fraction of sp³-hybridized carbons (Fsp3) is 0.467. The number of nitrogens with one attached hydrogen (secondary N) is 1. The van der Waals surface area contributed by atoms with Crippen LogP contribution in [0, 0.1) is 5.92 Å². The van der Waals surface area contributed by atoms with Crippen LogP contribution in [0.25, 0.3) is 11.4 Å². The van der Waals surface area contributed by atoms with Crippen molar-refractivity contribution >= 4 is 16.7 Å². The van der Waals surface area contributed by atoms with Crippen molar-refractivity contribution in [2.45, 2.75) is 26.2 Å². The predicted octanol–water partition coefficient (Wildman–Crippen LogP) is 3.42. The quantitative estimate of drug-likeness (QED) is 0.782. The fourth-order valence-corrected chi connectivity index (χ4v) is 2.77. The Kier molecular flexibility index (Phi) is 5.95. The predicted molar refractivity (Wildman–Crippen MR) is 83.9 cm³/mol. The third kappa shape index (κ3) is 4.28. The number of hydrogen-bond acceptors (Lipinski definition) is 5. The van der Waals surface area contributed by atoms with Gasteiger partial charge in [0, 0.05) is 30.2 Å². The first kappa shape index (κ1) is 14.9. The fourth-order valence-electron chi connectivity index (χ4n) is 2.17. The smallest absolute Gasteiger partial charge is 0.202 e. The minimum Gasteiger partial charge on any atom is -0.396 e. The highest BCUT2D eigenvalue weighted by Gasteiger charge is 2.10. The van der Waals surface area contributed by atoms with E-state index < -0.39 is 0 Å². The van der Waals surface area contributed by atoms with Gasteiger partial charge in [0.1, 0.15) is 0 Å². The van der Waals surface area contributed by atoms with E-state index in [-0.39, 0.29) is 6.61 Å². The molecule has 5 heteroatoms. The molecule has 0 aliphatic rings. The Hall–Kier alpha value is -1.46. The normalized spacial score (nSPS) is 12.3. The maximum atomic E-state index is 9.06. The molecule has 4 nitrogen and oxygen atoms in total. The zero-order valence-corrected chi connectivity index (χ0v) is 12.6. The summed E-state index contributed by atoms with van der Waals surface area (Å²) in [4.78, 5) is 4.51. The monoisotopic (exact) mass is 291 g/mol. The van der Waals surface area contributed by atoms with Crippen molar-refractivity contribution in [1.29, 1.82) is 0 Å². The van der Waals surface area contributed by atoms with Gasteiger partial charge in [-0.05, 0) is 18.8 Å². The molecule has 108 valence electrons. The molecule has 2 rings (SSSR count). The second-order valence-electron chi connectivity index (χ2n) is 4.84. The molecular formula is C15H21N3OS. The van der Waals surface area contributed by atoms with E-state index in [2.05, 4.69) is 21.6 Å². The van der Waals surface area contributed by atoms with Gasteiger partial charge >= 0.3 is 0 Å². The van der Waals surface area contributed by atoms with Gasteiger partial charge in [-0.1, -0.05) is 43.7 Å². The third-order valence-electron chi connectivity index (χ3n) is 3.23. The molecule has 2 aromatic rings. The van der Waals surface area contributed by atoms with Gasteiger partial charge in [0.2, 0.25) is 5.13 Å². The summed E-state index contributed by atoms with van der Waals surface area (Å²) in [6, 6.07) is 9.98. The molecule has 0 radical (unpaired) electrons. The van der Waals surface area contributed by atoms with E-state index in [4.69, 9.17) is 5.11 Å². The average Bonchev–Trinajstić information content (AvgIpc) is 2.95. The Morgan fingerprint density at radius 2 is 2.05 bits per heavy atom. The van der Waals surface area contributed by atoms with Crippen LogP contribution in [0.3, 0.4) is 0 Å². The summed E-state index contributed by atoms with van der Waals surface area (Å²) in [5.41, 5.74) is 1.04. The first-order valence-electron chi connectivity index (χ1n) is 7.07. The van der Waals surface area contributed by atoms with Gasteiger partial charge in [0.25, 0.3) is 0 Å². The van der Waals surface area contributed by atoms with E-state index in [0.29, 0.717) is 5.92 Å². The lowest BCUT2D eigenvalue weighted by Crippen LogP contribution is -2.15. The topological polar surface area (TPSA) is 58.0 Å². The number of hydrogen-bond donors (Lipinski definition) is 2. The van der Waals surface area contributed by atoms with E-state index >= 15 is 0 Å². The van der Waals surface area contributed by atoms with E-state index in [0.717, 1.165) is 42.3 Å². The zero-order valence-electron chi connectivity index (χ0n) is 11.7. The molecule has 0 saturated carbocycles. The lowest BCUT2D eigenvalue weighted by Gasteiger charge is -2.14. The molecule has 0 fully saturated rings. The van der Waals surface area contributed by atoms with Crippen LogP contribution in [-0.4, -0.2) is 27.6 Å². The van der Waals surface area contributed by atoms with Crippen molar-refractivity contribution in [3.05, 3.63) is 30.3 Å². The number of rotatable bonds is 8. The minimum atomic E-state index is 0.248. The molecule has 0 aliphatic heterocycles. The maximum Gasteiger partial charge on any atom is 0.202 e. The van der Waals surface area contributed by atoms with Crippen molar-refractivity contribution in [2.75, 3.05) is 18.5 Å². The number of anilines is 1. The first-order chi connectivity index (χ1) is 9.83. The highest BCUT2D eigenvalue weighted by Crippen LogP contribution is 2.21. The molecule has 2 N–H and O–H groups in total. The molecular weight excluding hydrogens is 270 g/mol. The Balaban J connectivity index is 1.92. The molecule has 0 saturated heterocycles. The Morgan fingerprint density at radius 3 is 2.75 bits per heavy atom. The van der Waals surface area contributed by atoms with Gasteiger partial charge in [0.15, 0.2) is 5.82 Å². The molecule has 1 heterocycles. The van der Waals surface area contributed by atoms with Gasteiger partial charge in [-0.2, -0.15) is 9.36 Å². The van der Waals surface area contributed by atoms with E-state index in [1.807, 2.05) is 30.3 Å². The Labute approximate surface area is 124 Å². The van der Waals surface area contributed by atoms with Crippen LogP contribution in [0.4, 0.5) is 5.13 Å². The van der Waals surface area contributed by atoms with Gasteiger partial charge in [-0.25, -0.2) is 0 Å². The van der Waals surface area contributed by atoms with Gasteiger partial charge in [-0.3, -0.25) is 0 Å². The number of aliphatic hydroxyl groups excluding tert-OH is 1. The molecule has 0 bridgehead atoms. The SMILES string of the molecule is CCCC(CCO)CNc1nc(-c2ccccc2)ns1. The number of aromatic nitrogens is 2. The van der Waals surface area contributed by atoms with Crippen molar-refractivity contribution in [3.8, 4) is 11.4 Å². The molecule has 0 spiro atoms. The van der Waals surface area contributed by atoms with Gasteiger partial charge in [-0.15, -0.1) is 0 Å². The molecule has 0 aliphatic carbocycles. The molecule has 20 heavy (non-hydrogen) atoms. The first-order valence-corrected chi connectivity index (χ1v) is 7.84. The minimum absolute atomic E-state index is 0.248. The third-order valence-corrected chi connectivity index (χ3v) is 3.91. The lowest BCUT2D eigenvalue weighted by atomic mass is 10.0. The highest BCUT2D eigenvalue weighted by molar-refractivity contribution is 7.09. The van der Waals surface area contributed by atoms with Crippen LogP contribution in [0.5, 0.6) is 0 Å². The number of aliphatic hydroxyl groups is 1. The summed E-state index contributed by atoms with van der Waals surface area (Å²) in [5, 5.41) is 13.2. The summed E-state index contributed by atoms with van der Waals surface area (Å²) >= 11 is 1.39. The van der Waals surface area contributed by atoms with E-state index in [9.17, 15) is 0 Å². The number of benzene rings is 1. The average molecular weight is 291 g/mol. The van der Waals surface area contributed by atoms with E-state index in [1.54, 1.807) is 0 Å². The van der Waals surface area contributed by atoms with Crippen molar-refractivity contribution in [1.82, 2.24) is 9.36 Å². The van der Waals surface area contributed by atoms with Crippen molar-refractivity contribution in [2.24, 2.45) is 5.92 Å². The van der Waals surface area contributed by atoms with Gasteiger partial charge < -0.3 is 10.4 Å². The summed E-state index contributed by atoms with van der Waals surface area (Å²) in [6.45, 7) is 3.26. The highest BCUT2D eigenvalue weighted by atomic mass is 32.1. The molecule has 1 aromatic carbocycles. The Morgan fingerprint density at radius 1 is 1.25 bits per heavy atom. The lowest BCUT2D eigenvalue weighted by molar-refractivity contribution is 0.255. The second kappa shape index (κ2) is 7.97. The molecule has 1 unspecified atom stereocenters. The molecule has 1 aromatic heterocycles. The van der Waals surface area contributed by atoms with Gasteiger partial charge in [0.05, 0.1) is 0 Å². The summed E-state index contributed by atoms with van der Waals surface area (Å²) in [6.07, 6.45) is 3.10. The van der Waals surface area contributed by atoms with Crippen LogP contribution < -0.4 is 5.32 Å². The van der Waals surface area contributed by atoms with Crippen LogP contribution >= 0.6 is 11.5 Å². The largest absolute Gasteiger partial charge is 0.396 e. The summed E-state index contributed by atoms with van der Waals surface area (Å²) in [7, 11) is 0. The molecule has 0 amide bonds. The van der Waals surface area contributed by atoms with Crippen molar-refractivity contribution < 1.29 is 5.11 Å². The second-order valence-corrected chi connectivity index (χ2v) is 5.59. The van der Waals surface area contributed by atoms with Crippen LogP contribution in [-0.2, 0) is 0 Å². The standard InChI is InChI=1S/C15H21N3OS/c1-2-6-12(9-10-19)11-16-15-17-14(18-20-15)13-7-4-3-5-8-13/h3-5,7-8,12,19H,2,6,9-11H2,1H3,(H,16,17,18). The summed E-state index contributed by atoms with van der Waals surface area (Å²) in [5.74, 6) is 1.27. The maximum absolute atomic E-state index is 9.06. The van der Waals surface area contributed by atoms with Crippen LogP contribution in [0.15, 0.2) is 30.3 Å². The Bertz CT molecular complexity index is 495. The zero-order chi connectivity index (χ0) is 14.2. The van der Waals surface area contributed by atoms with Crippen LogP contribution in [0.2, 0.25) is 0 Å². The molecule has 1 atom stereocenters. The summed E-state index contributed by atoms with van der Waals surface area (Å²) < 4.78 is 4.38. The number of nitrogens with zero attached hydrogens (tertiary/aromatic N) is 2.